The molecule has 0 aliphatic rings. The second-order valence-electron chi connectivity index (χ2n) is 5.69. The van der Waals surface area contributed by atoms with Gasteiger partial charge in [0.1, 0.15) is 16.1 Å². The van der Waals surface area contributed by atoms with Crippen LogP contribution < -0.4 is 0 Å². The van der Waals surface area contributed by atoms with Gasteiger partial charge in [-0.1, -0.05) is 41.6 Å². The molecule has 0 fully saturated rings. The largest absolute Gasteiger partial charge is 0.298 e. The highest BCUT2D eigenvalue weighted by Crippen LogP contribution is 2.36. The van der Waals surface area contributed by atoms with Crippen LogP contribution in [0.4, 0.5) is 0 Å². The van der Waals surface area contributed by atoms with Crippen LogP contribution in [0.3, 0.4) is 0 Å². The van der Waals surface area contributed by atoms with E-state index >= 15 is 0 Å². The van der Waals surface area contributed by atoms with Gasteiger partial charge in [-0.25, -0.2) is 15.0 Å². The summed E-state index contributed by atoms with van der Waals surface area (Å²) in [4.78, 5) is 13.2. The lowest BCUT2D eigenvalue weighted by Crippen LogP contribution is -2.01. The highest BCUT2D eigenvalue weighted by atomic mass is 32.2. The van der Waals surface area contributed by atoms with Crippen molar-refractivity contribution in [3.8, 4) is 11.4 Å². The maximum absolute atomic E-state index is 4.51. The predicted octanol–water partition coefficient (Wildman–Crippen LogP) is 4.71. The second-order valence-corrected chi connectivity index (χ2v) is 8.70. The van der Waals surface area contributed by atoms with E-state index in [4.69, 9.17) is 0 Å². The summed E-state index contributed by atoms with van der Waals surface area (Å²) in [6.45, 7) is 6.56. The molecule has 27 heavy (non-hydrogen) atoms. The minimum absolute atomic E-state index is 0.617. The third-order valence-corrected chi connectivity index (χ3v) is 6.96. The first-order valence-electron chi connectivity index (χ1n) is 8.14. The summed E-state index contributed by atoms with van der Waals surface area (Å²) in [6, 6.07) is 8.24. The molecule has 4 rings (SSSR count). The molecular formula is C18H16N6S3. The van der Waals surface area contributed by atoms with Gasteiger partial charge in [0.05, 0.1) is 0 Å². The normalized spacial score (nSPS) is 11.2. The van der Waals surface area contributed by atoms with Gasteiger partial charge in [0.15, 0.2) is 21.0 Å². The lowest BCUT2D eigenvalue weighted by Gasteiger charge is -2.08. The Balaban J connectivity index is 1.77. The third kappa shape index (κ3) is 3.62. The average molecular weight is 413 g/mol. The Labute approximate surface area is 169 Å². The third-order valence-electron chi connectivity index (χ3n) is 3.81. The van der Waals surface area contributed by atoms with Crippen LogP contribution in [0, 0.1) is 6.92 Å². The first-order valence-corrected chi connectivity index (χ1v) is 11.0. The SMILES string of the molecule is C=CCn1c(Sc2ncnc3nc(SC)sc23)nnc1-c1cccc(C)c1. The number of hydrogen-bond donors (Lipinski definition) is 0. The number of allylic oxidation sites excluding steroid dienone is 1. The maximum atomic E-state index is 4.51. The van der Waals surface area contributed by atoms with Crippen LogP contribution in [-0.2, 0) is 6.54 Å². The molecule has 9 heteroatoms. The molecule has 0 unspecified atom stereocenters. The van der Waals surface area contributed by atoms with Gasteiger partial charge >= 0.3 is 0 Å². The molecule has 0 spiro atoms. The molecule has 4 aromatic rings. The number of benzene rings is 1. The van der Waals surface area contributed by atoms with Crippen LogP contribution in [0.2, 0.25) is 0 Å². The lowest BCUT2D eigenvalue weighted by atomic mass is 10.1. The number of rotatable bonds is 6. The maximum Gasteiger partial charge on any atom is 0.198 e. The van der Waals surface area contributed by atoms with Crippen LogP contribution in [0.1, 0.15) is 5.56 Å². The molecule has 0 N–H and O–H groups in total. The fraction of sp³-hybridized carbons (Fsp3) is 0.167. The molecule has 0 radical (unpaired) electrons. The van der Waals surface area contributed by atoms with Gasteiger partial charge in [0.25, 0.3) is 0 Å². The molecule has 6 nitrogen and oxygen atoms in total. The number of hydrogen-bond acceptors (Lipinski definition) is 8. The van der Waals surface area contributed by atoms with Gasteiger partial charge in [0.2, 0.25) is 0 Å². The Morgan fingerprint density at radius 1 is 1.26 bits per heavy atom. The van der Waals surface area contributed by atoms with Crippen LogP contribution in [0.25, 0.3) is 21.7 Å². The Bertz CT molecular complexity index is 1120. The van der Waals surface area contributed by atoms with Crippen molar-refractivity contribution in [1.29, 1.82) is 0 Å². The summed E-state index contributed by atoms with van der Waals surface area (Å²) in [6.07, 6.45) is 5.40. The standard InChI is InChI=1S/C18H16N6S3/c1-4-8-24-15(12-7-5-6-11(2)9-12)22-23-17(24)27-16-13-14(19-10-20-16)21-18(25-3)26-13/h4-7,9-10H,1,8H2,2-3H3. The van der Waals surface area contributed by atoms with Gasteiger partial charge in [-0.15, -0.1) is 28.1 Å². The van der Waals surface area contributed by atoms with E-state index in [2.05, 4.69) is 55.4 Å². The monoisotopic (exact) mass is 412 g/mol. The Hall–Kier alpha value is -2.23. The summed E-state index contributed by atoms with van der Waals surface area (Å²) in [7, 11) is 0. The lowest BCUT2D eigenvalue weighted by molar-refractivity contribution is 0.730. The molecular weight excluding hydrogens is 396 g/mol. The zero-order chi connectivity index (χ0) is 18.8. The summed E-state index contributed by atoms with van der Waals surface area (Å²) < 4.78 is 3.99. The molecule has 0 aliphatic heterocycles. The summed E-state index contributed by atoms with van der Waals surface area (Å²) in [5.41, 5.74) is 2.93. The smallest absolute Gasteiger partial charge is 0.198 e. The first-order chi connectivity index (χ1) is 13.2. The van der Waals surface area contributed by atoms with E-state index in [1.165, 1.54) is 17.3 Å². The van der Waals surface area contributed by atoms with E-state index in [1.807, 2.05) is 24.5 Å². The van der Waals surface area contributed by atoms with E-state index in [-0.39, 0.29) is 0 Å². The predicted molar refractivity (Wildman–Crippen MR) is 112 cm³/mol. The van der Waals surface area contributed by atoms with Crippen molar-refractivity contribution in [2.24, 2.45) is 0 Å². The van der Waals surface area contributed by atoms with Crippen LogP contribution >= 0.6 is 34.9 Å². The molecule has 1 aromatic carbocycles. The van der Waals surface area contributed by atoms with E-state index in [1.54, 1.807) is 29.4 Å². The molecule has 0 atom stereocenters. The zero-order valence-electron chi connectivity index (χ0n) is 14.8. The fourth-order valence-corrected chi connectivity index (χ4v) is 5.07. The van der Waals surface area contributed by atoms with Crippen molar-refractivity contribution in [2.75, 3.05) is 6.26 Å². The molecule has 3 heterocycles. The van der Waals surface area contributed by atoms with Crippen LogP contribution in [-0.4, -0.2) is 36.0 Å². The fourth-order valence-electron chi connectivity index (χ4n) is 2.62. The van der Waals surface area contributed by atoms with Crippen molar-refractivity contribution in [3.63, 3.8) is 0 Å². The minimum atomic E-state index is 0.617. The highest BCUT2D eigenvalue weighted by molar-refractivity contribution is 8.00. The van der Waals surface area contributed by atoms with Crippen molar-refractivity contribution in [3.05, 3.63) is 48.8 Å². The van der Waals surface area contributed by atoms with Crippen molar-refractivity contribution < 1.29 is 0 Å². The average Bonchev–Trinajstić information content (AvgIpc) is 3.27. The van der Waals surface area contributed by atoms with E-state index in [0.717, 1.165) is 36.3 Å². The van der Waals surface area contributed by atoms with Gasteiger partial charge < -0.3 is 0 Å². The highest BCUT2D eigenvalue weighted by Gasteiger charge is 2.18. The molecule has 0 saturated carbocycles. The summed E-state index contributed by atoms with van der Waals surface area (Å²) in [5.74, 6) is 0.820. The Morgan fingerprint density at radius 3 is 2.93 bits per heavy atom. The summed E-state index contributed by atoms with van der Waals surface area (Å²) in [5, 5.41) is 10.5. The molecule has 136 valence electrons. The van der Waals surface area contributed by atoms with Gasteiger partial charge in [0, 0.05) is 12.1 Å². The number of fused-ring (bicyclic) bond motifs is 1. The van der Waals surface area contributed by atoms with Crippen molar-refractivity contribution >= 4 is 45.2 Å². The van der Waals surface area contributed by atoms with Crippen molar-refractivity contribution in [1.82, 2.24) is 29.7 Å². The second kappa shape index (κ2) is 7.79. The zero-order valence-corrected chi connectivity index (χ0v) is 17.2. The minimum Gasteiger partial charge on any atom is -0.298 e. The molecule has 0 bridgehead atoms. The van der Waals surface area contributed by atoms with E-state index in [0.29, 0.717) is 6.54 Å². The molecule has 0 amide bonds. The first kappa shape index (κ1) is 18.1. The number of nitrogens with zero attached hydrogens (tertiary/aromatic N) is 6. The quantitative estimate of drug-likeness (QED) is 0.258. The number of thioether (sulfide) groups is 1. The topological polar surface area (TPSA) is 69.4 Å². The van der Waals surface area contributed by atoms with Crippen LogP contribution in [0.5, 0.6) is 0 Å². The van der Waals surface area contributed by atoms with Gasteiger partial charge in [-0.3, -0.25) is 4.57 Å². The van der Waals surface area contributed by atoms with Gasteiger partial charge in [-0.2, -0.15) is 0 Å². The number of aromatic nitrogens is 6. The number of aryl methyl sites for hydroxylation is 1. The Morgan fingerprint density at radius 2 is 2.15 bits per heavy atom. The number of thiazole rings is 1. The Kier molecular flexibility index (Phi) is 5.24. The molecule has 0 saturated heterocycles. The van der Waals surface area contributed by atoms with Gasteiger partial charge in [-0.05, 0) is 31.0 Å². The molecule has 3 aromatic heterocycles. The van der Waals surface area contributed by atoms with E-state index in [9.17, 15) is 0 Å². The van der Waals surface area contributed by atoms with Crippen molar-refractivity contribution in [2.45, 2.75) is 28.0 Å². The van der Waals surface area contributed by atoms with Crippen LogP contribution in [0.15, 0.2) is 57.8 Å². The summed E-state index contributed by atoms with van der Waals surface area (Å²) >= 11 is 4.68. The molecule has 0 aliphatic carbocycles. The van der Waals surface area contributed by atoms with E-state index < -0.39 is 0 Å².